The molecule has 1 aliphatic carbocycles. The van der Waals surface area contributed by atoms with E-state index in [1.165, 1.54) is 0 Å². The lowest BCUT2D eigenvalue weighted by Crippen LogP contribution is -2.50. The maximum Gasteiger partial charge on any atom is 0.254 e. The van der Waals surface area contributed by atoms with Crippen LogP contribution in [0.5, 0.6) is 0 Å². The van der Waals surface area contributed by atoms with Crippen molar-refractivity contribution < 1.29 is 4.79 Å². The number of guanidine groups is 1. The van der Waals surface area contributed by atoms with Crippen molar-refractivity contribution in [3.05, 3.63) is 0 Å². The quantitative estimate of drug-likeness (QED) is 0.626. The minimum absolute atomic E-state index is 0.0624. The Hall–Kier alpha value is -1.06. The van der Waals surface area contributed by atoms with Gasteiger partial charge in [0.15, 0.2) is 5.96 Å². The van der Waals surface area contributed by atoms with Gasteiger partial charge in [-0.2, -0.15) is 0 Å². The molecule has 1 spiro atoms. The molecule has 0 atom stereocenters. The molecular weight excluding hydrogens is 190 g/mol. The molecule has 0 bridgehead atoms. The van der Waals surface area contributed by atoms with E-state index in [1.807, 2.05) is 0 Å². The maximum atomic E-state index is 11.8. The van der Waals surface area contributed by atoms with Crippen LogP contribution in [0.1, 0.15) is 40.5 Å². The van der Waals surface area contributed by atoms with Crippen LogP contribution in [0.3, 0.4) is 0 Å². The SMILES string of the molecule is CC1CC2(C1)N=C(NC(C)(C)C)NC2=O. The van der Waals surface area contributed by atoms with Crippen LogP contribution >= 0.6 is 0 Å². The molecule has 84 valence electrons. The summed E-state index contributed by atoms with van der Waals surface area (Å²) in [5.41, 5.74) is -0.500. The van der Waals surface area contributed by atoms with E-state index in [0.29, 0.717) is 11.9 Å². The smallest absolute Gasteiger partial charge is 0.254 e. The van der Waals surface area contributed by atoms with E-state index in [-0.39, 0.29) is 11.4 Å². The third-order valence-electron chi connectivity index (χ3n) is 2.85. The van der Waals surface area contributed by atoms with Gasteiger partial charge in [-0.3, -0.25) is 10.1 Å². The molecule has 2 rings (SSSR count). The van der Waals surface area contributed by atoms with Gasteiger partial charge in [0.05, 0.1) is 0 Å². The second-order valence-corrected chi connectivity index (χ2v) is 5.83. The molecule has 4 heteroatoms. The Balaban J connectivity index is 2.08. The Labute approximate surface area is 90.5 Å². The van der Waals surface area contributed by atoms with Gasteiger partial charge in [0.25, 0.3) is 5.91 Å². The molecule has 0 radical (unpaired) electrons. The van der Waals surface area contributed by atoms with E-state index < -0.39 is 5.54 Å². The summed E-state index contributed by atoms with van der Waals surface area (Å²) in [6.45, 7) is 8.31. The summed E-state index contributed by atoms with van der Waals surface area (Å²) in [7, 11) is 0. The summed E-state index contributed by atoms with van der Waals surface area (Å²) in [5.74, 6) is 1.32. The first kappa shape index (κ1) is 10.5. The van der Waals surface area contributed by atoms with Gasteiger partial charge >= 0.3 is 0 Å². The molecule has 2 aliphatic rings. The lowest BCUT2D eigenvalue weighted by atomic mass is 9.69. The second-order valence-electron chi connectivity index (χ2n) is 5.83. The fourth-order valence-electron chi connectivity index (χ4n) is 2.30. The number of carbonyl (C=O) groups excluding carboxylic acids is 1. The largest absolute Gasteiger partial charge is 0.351 e. The normalized spacial score (nSPS) is 34.8. The summed E-state index contributed by atoms with van der Waals surface area (Å²) in [6, 6.07) is 0. The number of carbonyl (C=O) groups is 1. The van der Waals surface area contributed by atoms with Crippen molar-refractivity contribution in [2.24, 2.45) is 10.9 Å². The van der Waals surface area contributed by atoms with Gasteiger partial charge in [0, 0.05) is 5.54 Å². The van der Waals surface area contributed by atoms with E-state index in [1.54, 1.807) is 0 Å². The zero-order chi connectivity index (χ0) is 11.3. The molecule has 1 fully saturated rings. The number of nitrogens with one attached hydrogen (secondary N) is 2. The Morgan fingerprint density at radius 3 is 2.53 bits per heavy atom. The van der Waals surface area contributed by atoms with E-state index in [4.69, 9.17) is 0 Å². The fraction of sp³-hybridized carbons (Fsp3) is 0.818. The predicted octanol–water partition coefficient (Wildman–Crippen LogP) is 1.03. The van der Waals surface area contributed by atoms with Gasteiger partial charge in [-0.05, 0) is 39.5 Å². The molecule has 0 aromatic carbocycles. The van der Waals surface area contributed by atoms with Crippen molar-refractivity contribution in [2.45, 2.75) is 51.6 Å². The van der Waals surface area contributed by atoms with Gasteiger partial charge in [-0.25, -0.2) is 4.99 Å². The third-order valence-corrected chi connectivity index (χ3v) is 2.85. The van der Waals surface area contributed by atoms with Gasteiger partial charge in [-0.15, -0.1) is 0 Å². The molecule has 1 amide bonds. The summed E-state index contributed by atoms with van der Waals surface area (Å²) < 4.78 is 0. The zero-order valence-corrected chi connectivity index (χ0v) is 9.85. The lowest BCUT2D eigenvalue weighted by Gasteiger charge is -2.38. The maximum absolute atomic E-state index is 11.8. The Kier molecular flexibility index (Phi) is 2.07. The lowest BCUT2D eigenvalue weighted by molar-refractivity contribution is -0.127. The number of rotatable bonds is 0. The average Bonchev–Trinajstić information content (AvgIpc) is 2.23. The summed E-state index contributed by atoms with van der Waals surface area (Å²) >= 11 is 0. The number of hydrogen-bond donors (Lipinski definition) is 2. The highest BCUT2D eigenvalue weighted by molar-refractivity contribution is 6.08. The fourth-order valence-corrected chi connectivity index (χ4v) is 2.30. The highest BCUT2D eigenvalue weighted by Gasteiger charge is 2.52. The first-order valence-electron chi connectivity index (χ1n) is 5.50. The standard InChI is InChI=1S/C11H19N3O/c1-7-5-11(6-7)8(15)12-9(14-11)13-10(2,3)4/h7H,5-6H2,1-4H3,(H2,12,13,14,15). The number of amides is 1. The van der Waals surface area contributed by atoms with Crippen LogP contribution in [0.4, 0.5) is 0 Å². The van der Waals surface area contributed by atoms with Gasteiger partial charge in [0.2, 0.25) is 0 Å². The van der Waals surface area contributed by atoms with Crippen molar-refractivity contribution in [3.8, 4) is 0 Å². The summed E-state index contributed by atoms with van der Waals surface area (Å²) in [5, 5.41) is 6.03. The number of aliphatic imine (C=N–C) groups is 1. The van der Waals surface area contributed by atoms with E-state index in [0.717, 1.165) is 12.8 Å². The molecule has 4 nitrogen and oxygen atoms in total. The Morgan fingerprint density at radius 1 is 1.47 bits per heavy atom. The highest BCUT2D eigenvalue weighted by atomic mass is 16.2. The van der Waals surface area contributed by atoms with Crippen LogP contribution in [0.25, 0.3) is 0 Å². The molecule has 0 unspecified atom stereocenters. The first-order chi connectivity index (χ1) is 6.81. The molecule has 0 aromatic rings. The second kappa shape index (κ2) is 2.97. The minimum Gasteiger partial charge on any atom is -0.351 e. The van der Waals surface area contributed by atoms with E-state index in [2.05, 4.69) is 43.3 Å². The zero-order valence-electron chi connectivity index (χ0n) is 9.85. The van der Waals surface area contributed by atoms with Gasteiger partial charge < -0.3 is 5.32 Å². The molecular formula is C11H19N3O. The van der Waals surface area contributed by atoms with Crippen LogP contribution in [-0.4, -0.2) is 22.9 Å². The van der Waals surface area contributed by atoms with Crippen LogP contribution in [-0.2, 0) is 4.79 Å². The third kappa shape index (κ3) is 1.85. The molecule has 1 heterocycles. The number of hydrogen-bond acceptors (Lipinski definition) is 3. The monoisotopic (exact) mass is 209 g/mol. The Bertz CT molecular complexity index is 321. The molecule has 15 heavy (non-hydrogen) atoms. The van der Waals surface area contributed by atoms with Crippen LogP contribution < -0.4 is 10.6 Å². The first-order valence-corrected chi connectivity index (χ1v) is 5.50. The highest BCUT2D eigenvalue weighted by Crippen LogP contribution is 2.42. The molecule has 1 saturated carbocycles. The molecule has 2 N–H and O–H groups in total. The molecule has 0 saturated heterocycles. The van der Waals surface area contributed by atoms with Crippen molar-refractivity contribution in [1.29, 1.82) is 0 Å². The van der Waals surface area contributed by atoms with Crippen LogP contribution in [0.2, 0.25) is 0 Å². The average molecular weight is 209 g/mol. The predicted molar refractivity (Wildman–Crippen MR) is 59.6 cm³/mol. The van der Waals surface area contributed by atoms with Crippen molar-refractivity contribution in [1.82, 2.24) is 10.6 Å². The summed E-state index contributed by atoms with van der Waals surface area (Å²) in [6.07, 6.45) is 1.77. The molecule has 1 aliphatic heterocycles. The van der Waals surface area contributed by atoms with E-state index in [9.17, 15) is 4.79 Å². The number of nitrogens with zero attached hydrogens (tertiary/aromatic N) is 1. The van der Waals surface area contributed by atoms with Gasteiger partial charge in [-0.1, -0.05) is 6.92 Å². The van der Waals surface area contributed by atoms with Crippen LogP contribution in [0.15, 0.2) is 4.99 Å². The van der Waals surface area contributed by atoms with Crippen molar-refractivity contribution in [2.75, 3.05) is 0 Å². The van der Waals surface area contributed by atoms with Crippen molar-refractivity contribution in [3.63, 3.8) is 0 Å². The topological polar surface area (TPSA) is 53.5 Å². The minimum atomic E-state index is -0.438. The van der Waals surface area contributed by atoms with Gasteiger partial charge in [0.1, 0.15) is 5.54 Å². The summed E-state index contributed by atoms with van der Waals surface area (Å²) in [4.78, 5) is 16.2. The van der Waals surface area contributed by atoms with Crippen molar-refractivity contribution >= 4 is 11.9 Å². The molecule has 0 aromatic heterocycles. The van der Waals surface area contributed by atoms with E-state index >= 15 is 0 Å². The van der Waals surface area contributed by atoms with Crippen LogP contribution in [0, 0.1) is 5.92 Å². The Morgan fingerprint density at radius 2 is 2.07 bits per heavy atom.